The molecule has 0 amide bonds. The Morgan fingerprint density at radius 2 is 0.485 bits per heavy atom. The molecule has 0 aliphatic rings. The number of carbonyl (C=O) groups is 4. The number of phosphoric ester groups is 2. The molecule has 0 aromatic rings. The van der Waals surface area contributed by atoms with Crippen molar-refractivity contribution in [1.82, 2.24) is 0 Å². The highest BCUT2D eigenvalue weighted by atomic mass is 31.2. The smallest absolute Gasteiger partial charge is 0.462 e. The molecule has 19 heteroatoms. The summed E-state index contributed by atoms with van der Waals surface area (Å²) < 4.78 is 68.7. The number of phosphoric acid groups is 2. The number of rotatable bonds is 80. The zero-order valence-corrected chi connectivity index (χ0v) is 66.4. The van der Waals surface area contributed by atoms with E-state index in [2.05, 4.69) is 34.6 Å². The van der Waals surface area contributed by atoms with Crippen molar-refractivity contribution in [3.05, 3.63) is 0 Å². The lowest BCUT2D eigenvalue weighted by atomic mass is 9.99. The molecule has 0 rings (SSSR count). The summed E-state index contributed by atoms with van der Waals surface area (Å²) in [6.45, 7) is 7.33. The second-order valence-electron chi connectivity index (χ2n) is 29.1. The zero-order valence-electron chi connectivity index (χ0n) is 64.6. The Labute approximate surface area is 607 Å². The first-order chi connectivity index (χ1) is 48.1. The number of aliphatic hydroxyl groups excluding tert-OH is 1. The highest BCUT2D eigenvalue weighted by Crippen LogP contribution is 2.45. The van der Waals surface area contributed by atoms with Crippen molar-refractivity contribution in [2.45, 2.75) is 445 Å². The highest BCUT2D eigenvalue weighted by Gasteiger charge is 2.30. The van der Waals surface area contributed by atoms with Crippen LogP contribution in [0.1, 0.15) is 426 Å². The van der Waals surface area contributed by atoms with Crippen LogP contribution in [0.2, 0.25) is 0 Å². The summed E-state index contributed by atoms with van der Waals surface area (Å²) in [7, 11) is -9.92. The van der Waals surface area contributed by atoms with E-state index >= 15 is 0 Å². The van der Waals surface area contributed by atoms with Crippen LogP contribution < -0.4 is 0 Å². The van der Waals surface area contributed by atoms with Crippen LogP contribution in [0.15, 0.2) is 0 Å². The van der Waals surface area contributed by atoms with Gasteiger partial charge in [-0.3, -0.25) is 37.3 Å². The average Bonchev–Trinajstić information content (AvgIpc) is 1.59. The van der Waals surface area contributed by atoms with Crippen LogP contribution in [0.25, 0.3) is 0 Å². The number of esters is 4. The van der Waals surface area contributed by atoms with E-state index in [9.17, 15) is 43.2 Å². The number of aliphatic hydroxyl groups is 1. The number of unbranched alkanes of at least 4 members (excludes halogenated alkanes) is 51. The Morgan fingerprint density at radius 3 is 0.717 bits per heavy atom. The second-order valence-corrected chi connectivity index (χ2v) is 32.0. The molecular formula is C80H156O17P2. The van der Waals surface area contributed by atoms with E-state index in [-0.39, 0.29) is 25.7 Å². The van der Waals surface area contributed by atoms with Crippen LogP contribution in [0.4, 0.5) is 0 Å². The average molecular weight is 1450 g/mol. The molecule has 3 N–H and O–H groups in total. The second kappa shape index (κ2) is 73.0. The zero-order chi connectivity index (χ0) is 72.7. The molecule has 3 unspecified atom stereocenters. The topological polar surface area (TPSA) is 237 Å². The van der Waals surface area contributed by atoms with Gasteiger partial charge in [0, 0.05) is 25.7 Å². The fraction of sp³-hybridized carbons (Fsp3) is 0.950. The van der Waals surface area contributed by atoms with Gasteiger partial charge in [-0.15, -0.1) is 0 Å². The van der Waals surface area contributed by atoms with Crippen molar-refractivity contribution < 1.29 is 80.2 Å². The Bertz CT molecular complexity index is 1890. The molecule has 588 valence electrons. The van der Waals surface area contributed by atoms with Gasteiger partial charge in [-0.1, -0.05) is 375 Å². The summed E-state index contributed by atoms with van der Waals surface area (Å²) in [6.07, 6.45) is 63.6. The van der Waals surface area contributed by atoms with Gasteiger partial charge in [0.1, 0.15) is 19.3 Å². The van der Waals surface area contributed by atoms with Crippen LogP contribution in [-0.2, 0) is 65.4 Å². The highest BCUT2D eigenvalue weighted by molar-refractivity contribution is 7.47. The van der Waals surface area contributed by atoms with Crippen molar-refractivity contribution in [3.63, 3.8) is 0 Å². The SMILES string of the molecule is CCCCCCCCCCCCCCCCCCCCC(=O)O[C@H](COC(=O)CCCCCCCCCCCCCCCCCC)COP(=O)(O)OC[C@@H](O)COP(=O)(O)OC[C@@H](COC(=O)CCCCCCCCCCC(C)CC)OC(=O)CCCCCCCCCCCCCCC. The molecule has 0 spiro atoms. The van der Waals surface area contributed by atoms with Crippen molar-refractivity contribution in [2.75, 3.05) is 39.6 Å². The van der Waals surface area contributed by atoms with Gasteiger partial charge in [-0.2, -0.15) is 0 Å². The Morgan fingerprint density at radius 1 is 0.283 bits per heavy atom. The molecule has 0 saturated carbocycles. The molecule has 0 aromatic heterocycles. The molecule has 0 aromatic carbocycles. The van der Waals surface area contributed by atoms with Gasteiger partial charge in [0.15, 0.2) is 12.2 Å². The van der Waals surface area contributed by atoms with Gasteiger partial charge >= 0.3 is 39.5 Å². The lowest BCUT2D eigenvalue weighted by Crippen LogP contribution is -2.30. The molecule has 17 nitrogen and oxygen atoms in total. The van der Waals surface area contributed by atoms with E-state index in [1.807, 2.05) is 0 Å². The van der Waals surface area contributed by atoms with Crippen LogP contribution >= 0.6 is 15.6 Å². The van der Waals surface area contributed by atoms with E-state index in [1.54, 1.807) is 0 Å². The maximum atomic E-state index is 13.1. The van der Waals surface area contributed by atoms with Gasteiger partial charge in [0.2, 0.25) is 0 Å². The standard InChI is InChI=1S/C80H156O17P2/c1-6-10-13-16-19-22-25-28-30-32-33-35-38-41-44-51-56-61-66-80(85)96-75(69-90-77(82)63-58-53-48-42-39-37-34-31-29-26-23-20-17-14-11-7-2)71-94-98(86,87)92-67-74(81)68-93-99(88,89)95-72-76(70-91-78(83)64-59-54-49-46-45-47-52-57-62-73(5)9-4)97-79(84)65-60-55-50-43-40-36-27-24-21-18-15-12-8-3/h73-76,81H,6-72H2,1-5H3,(H,86,87)(H,88,89)/t73?,74-,75-,76-/m1/s1. The lowest BCUT2D eigenvalue weighted by Gasteiger charge is -2.21. The molecule has 0 saturated heterocycles. The monoisotopic (exact) mass is 1450 g/mol. The predicted molar refractivity (Wildman–Crippen MR) is 405 cm³/mol. The van der Waals surface area contributed by atoms with Crippen LogP contribution in [0, 0.1) is 5.92 Å². The van der Waals surface area contributed by atoms with Crippen LogP contribution in [0.5, 0.6) is 0 Å². The molecule has 0 fully saturated rings. The van der Waals surface area contributed by atoms with Crippen LogP contribution in [-0.4, -0.2) is 96.7 Å². The van der Waals surface area contributed by atoms with Gasteiger partial charge in [-0.05, 0) is 31.6 Å². The third-order valence-electron chi connectivity index (χ3n) is 19.1. The Kier molecular flexibility index (Phi) is 71.6. The van der Waals surface area contributed by atoms with E-state index in [0.717, 1.165) is 95.8 Å². The number of hydrogen-bond acceptors (Lipinski definition) is 15. The summed E-state index contributed by atoms with van der Waals surface area (Å²) in [5.74, 6) is -1.33. The summed E-state index contributed by atoms with van der Waals surface area (Å²) in [5.41, 5.74) is 0. The minimum absolute atomic E-state index is 0.108. The van der Waals surface area contributed by atoms with E-state index < -0.39 is 97.5 Å². The summed E-state index contributed by atoms with van der Waals surface area (Å²) in [5, 5.41) is 10.6. The molecule has 99 heavy (non-hydrogen) atoms. The fourth-order valence-electron chi connectivity index (χ4n) is 12.4. The first-order valence-electron chi connectivity index (χ1n) is 41.7. The van der Waals surface area contributed by atoms with Gasteiger partial charge in [0.05, 0.1) is 26.4 Å². The minimum atomic E-state index is -4.96. The summed E-state index contributed by atoms with van der Waals surface area (Å²) in [4.78, 5) is 73.0. The molecule has 0 aliphatic heterocycles. The predicted octanol–water partition coefficient (Wildman–Crippen LogP) is 24.0. The van der Waals surface area contributed by atoms with E-state index in [0.29, 0.717) is 25.7 Å². The van der Waals surface area contributed by atoms with Gasteiger partial charge in [-0.25, -0.2) is 9.13 Å². The van der Waals surface area contributed by atoms with Gasteiger partial charge < -0.3 is 33.8 Å². The maximum Gasteiger partial charge on any atom is 0.472 e. The van der Waals surface area contributed by atoms with E-state index in [4.69, 9.17) is 37.0 Å². The van der Waals surface area contributed by atoms with Crippen molar-refractivity contribution >= 4 is 39.5 Å². The Hall–Kier alpha value is -1.94. The summed E-state index contributed by atoms with van der Waals surface area (Å²) >= 11 is 0. The fourth-order valence-corrected chi connectivity index (χ4v) is 14.0. The Balaban J connectivity index is 5.26. The van der Waals surface area contributed by atoms with E-state index in [1.165, 1.54) is 250 Å². The lowest BCUT2D eigenvalue weighted by molar-refractivity contribution is -0.161. The third kappa shape index (κ3) is 72.8. The van der Waals surface area contributed by atoms with Crippen LogP contribution in [0.3, 0.4) is 0 Å². The molecular weight excluding hydrogens is 1290 g/mol. The van der Waals surface area contributed by atoms with Gasteiger partial charge in [0.25, 0.3) is 0 Å². The molecule has 0 aliphatic carbocycles. The number of hydrogen-bond donors (Lipinski definition) is 3. The molecule has 0 bridgehead atoms. The normalized spacial score (nSPS) is 14.1. The van der Waals surface area contributed by atoms with Crippen molar-refractivity contribution in [2.24, 2.45) is 5.92 Å². The maximum absolute atomic E-state index is 13.1. The first kappa shape index (κ1) is 97.1. The molecule has 0 heterocycles. The van der Waals surface area contributed by atoms with Crippen molar-refractivity contribution in [3.8, 4) is 0 Å². The largest absolute Gasteiger partial charge is 0.472 e. The third-order valence-corrected chi connectivity index (χ3v) is 21.0. The summed E-state index contributed by atoms with van der Waals surface area (Å²) in [6, 6.07) is 0. The minimum Gasteiger partial charge on any atom is -0.462 e. The van der Waals surface area contributed by atoms with Crippen molar-refractivity contribution in [1.29, 1.82) is 0 Å². The first-order valence-corrected chi connectivity index (χ1v) is 44.7. The molecule has 6 atom stereocenters. The quantitative estimate of drug-likeness (QED) is 0.0222. The molecule has 0 radical (unpaired) electrons. The number of ether oxygens (including phenoxy) is 4. The number of carbonyl (C=O) groups excluding carboxylic acids is 4.